The lowest BCUT2D eigenvalue weighted by molar-refractivity contribution is -0.107. The van der Waals surface area contributed by atoms with Crippen LogP contribution < -0.4 is 5.56 Å². The summed E-state index contributed by atoms with van der Waals surface area (Å²) in [5, 5.41) is 0. The van der Waals surface area contributed by atoms with Crippen LogP contribution in [0.4, 0.5) is 0 Å². The van der Waals surface area contributed by atoms with Crippen LogP contribution in [0.5, 0.6) is 0 Å². The zero-order valence-electron chi connectivity index (χ0n) is 7.93. The largest absolute Gasteiger partial charge is 0.309 e. The second kappa shape index (κ2) is 4.00. The molecule has 2 rings (SSSR count). The van der Waals surface area contributed by atoms with Crippen LogP contribution in [0.15, 0.2) is 23.1 Å². The quantitative estimate of drug-likeness (QED) is 0.735. The van der Waals surface area contributed by atoms with Crippen molar-refractivity contribution in [3.8, 4) is 0 Å². The molecule has 0 atom stereocenters. The lowest BCUT2D eigenvalue weighted by Gasteiger charge is -1.99. The van der Waals surface area contributed by atoms with Gasteiger partial charge in [-0.05, 0) is 12.1 Å². The number of aldehydes is 1. The summed E-state index contributed by atoms with van der Waals surface area (Å²) >= 11 is 0. The molecule has 1 N–H and O–H groups in total. The normalized spacial score (nSPS) is 10.4. The monoisotopic (exact) mass is 203 g/mol. The van der Waals surface area contributed by atoms with Crippen LogP contribution in [-0.4, -0.2) is 21.2 Å². The van der Waals surface area contributed by atoms with Gasteiger partial charge in [0.15, 0.2) is 5.52 Å². The summed E-state index contributed by atoms with van der Waals surface area (Å²) in [7, 11) is 0. The first kappa shape index (κ1) is 9.51. The van der Waals surface area contributed by atoms with Crippen LogP contribution in [-0.2, 0) is 11.2 Å². The number of aromatic amines is 1. The van der Waals surface area contributed by atoms with E-state index in [1.54, 1.807) is 18.3 Å². The summed E-state index contributed by atoms with van der Waals surface area (Å²) in [6.45, 7) is 0. The van der Waals surface area contributed by atoms with Crippen molar-refractivity contribution >= 4 is 17.3 Å². The molecular formula is C10H9N3O2. The predicted octanol–water partition coefficient (Wildman–Crippen LogP) is 0.450. The zero-order chi connectivity index (χ0) is 10.7. The van der Waals surface area contributed by atoms with E-state index in [1.807, 2.05) is 0 Å². The molecule has 0 radical (unpaired) electrons. The van der Waals surface area contributed by atoms with Gasteiger partial charge in [0.1, 0.15) is 12.1 Å². The molecule has 0 aliphatic carbocycles. The van der Waals surface area contributed by atoms with Crippen LogP contribution in [0, 0.1) is 0 Å². The molecule has 0 amide bonds. The number of rotatable bonds is 3. The SMILES string of the molecule is O=CCCc1nc2cccnc2c(=O)[nH]1. The first-order valence-electron chi connectivity index (χ1n) is 4.59. The van der Waals surface area contributed by atoms with Gasteiger partial charge in [-0.25, -0.2) is 9.97 Å². The fraction of sp³-hybridized carbons (Fsp3) is 0.200. The molecule has 0 fully saturated rings. The number of pyridine rings is 1. The number of aromatic nitrogens is 3. The van der Waals surface area contributed by atoms with E-state index in [0.717, 1.165) is 6.29 Å². The van der Waals surface area contributed by atoms with E-state index < -0.39 is 0 Å². The van der Waals surface area contributed by atoms with Gasteiger partial charge in [0.2, 0.25) is 0 Å². The first-order chi connectivity index (χ1) is 7.31. The molecule has 2 aromatic heterocycles. The summed E-state index contributed by atoms with van der Waals surface area (Å²) in [6, 6.07) is 3.44. The third kappa shape index (κ3) is 1.90. The van der Waals surface area contributed by atoms with E-state index in [2.05, 4.69) is 15.0 Å². The smallest absolute Gasteiger partial charge is 0.277 e. The Kier molecular flexibility index (Phi) is 2.53. The van der Waals surface area contributed by atoms with Crippen molar-refractivity contribution in [3.63, 3.8) is 0 Å². The van der Waals surface area contributed by atoms with E-state index in [9.17, 15) is 9.59 Å². The van der Waals surface area contributed by atoms with Gasteiger partial charge < -0.3 is 9.78 Å². The van der Waals surface area contributed by atoms with Crippen LogP contribution >= 0.6 is 0 Å². The highest BCUT2D eigenvalue weighted by Crippen LogP contribution is 2.02. The molecule has 0 aromatic carbocycles. The van der Waals surface area contributed by atoms with Crippen LogP contribution in [0.3, 0.4) is 0 Å². The van der Waals surface area contributed by atoms with Crippen molar-refractivity contribution < 1.29 is 4.79 Å². The van der Waals surface area contributed by atoms with Crippen LogP contribution in [0.1, 0.15) is 12.2 Å². The molecular weight excluding hydrogens is 194 g/mol. The summed E-state index contributed by atoms with van der Waals surface area (Å²) in [5.41, 5.74) is 0.621. The Morgan fingerprint density at radius 1 is 1.47 bits per heavy atom. The van der Waals surface area contributed by atoms with Crippen molar-refractivity contribution in [2.24, 2.45) is 0 Å². The molecule has 2 aromatic rings. The first-order valence-corrected chi connectivity index (χ1v) is 4.59. The number of carbonyl (C=O) groups is 1. The van der Waals surface area contributed by atoms with Gasteiger partial charge in [-0.15, -0.1) is 0 Å². The van der Waals surface area contributed by atoms with Crippen molar-refractivity contribution in [3.05, 3.63) is 34.5 Å². The number of carbonyl (C=O) groups excluding carboxylic acids is 1. The number of hydrogen-bond donors (Lipinski definition) is 1. The Labute approximate surface area is 85.2 Å². The van der Waals surface area contributed by atoms with Gasteiger partial charge >= 0.3 is 0 Å². The zero-order valence-corrected chi connectivity index (χ0v) is 7.93. The minimum absolute atomic E-state index is 0.263. The molecule has 5 heteroatoms. The molecule has 5 nitrogen and oxygen atoms in total. The highest BCUT2D eigenvalue weighted by atomic mass is 16.1. The van der Waals surface area contributed by atoms with Crippen LogP contribution in [0.2, 0.25) is 0 Å². The Bertz CT molecular complexity index is 548. The molecule has 0 unspecified atom stereocenters. The van der Waals surface area contributed by atoms with Gasteiger partial charge in [0.05, 0.1) is 5.52 Å². The molecule has 0 aliphatic heterocycles. The molecule has 0 spiro atoms. The summed E-state index contributed by atoms with van der Waals surface area (Å²) in [6.07, 6.45) is 3.15. The highest BCUT2D eigenvalue weighted by molar-refractivity contribution is 5.72. The van der Waals surface area contributed by atoms with Crippen molar-refractivity contribution in [2.45, 2.75) is 12.8 Å². The van der Waals surface area contributed by atoms with E-state index in [0.29, 0.717) is 29.7 Å². The average Bonchev–Trinajstić information content (AvgIpc) is 2.26. The Morgan fingerprint density at radius 3 is 3.13 bits per heavy atom. The number of nitrogens with one attached hydrogen (secondary N) is 1. The fourth-order valence-corrected chi connectivity index (χ4v) is 1.34. The summed E-state index contributed by atoms with van der Waals surface area (Å²) in [4.78, 5) is 32.4. The number of aryl methyl sites for hydroxylation is 1. The van der Waals surface area contributed by atoms with Gasteiger partial charge in [-0.3, -0.25) is 4.79 Å². The van der Waals surface area contributed by atoms with Crippen LogP contribution in [0.25, 0.3) is 11.0 Å². The maximum Gasteiger partial charge on any atom is 0.277 e. The third-order valence-corrected chi connectivity index (χ3v) is 2.01. The molecule has 2 heterocycles. The average molecular weight is 203 g/mol. The highest BCUT2D eigenvalue weighted by Gasteiger charge is 2.03. The Balaban J connectivity index is 2.52. The summed E-state index contributed by atoms with van der Waals surface area (Å²) in [5.74, 6) is 0.521. The molecule has 0 aliphatic rings. The third-order valence-electron chi connectivity index (χ3n) is 2.01. The maximum atomic E-state index is 11.5. The lowest BCUT2D eigenvalue weighted by Crippen LogP contribution is -2.13. The Morgan fingerprint density at radius 2 is 2.33 bits per heavy atom. The van der Waals surface area contributed by atoms with E-state index in [1.165, 1.54) is 0 Å². The van der Waals surface area contributed by atoms with Crippen molar-refractivity contribution in [2.75, 3.05) is 0 Å². The summed E-state index contributed by atoms with van der Waals surface area (Å²) < 4.78 is 0. The fourth-order valence-electron chi connectivity index (χ4n) is 1.34. The number of fused-ring (bicyclic) bond motifs is 1. The lowest BCUT2D eigenvalue weighted by atomic mass is 10.3. The Hall–Kier alpha value is -2.04. The van der Waals surface area contributed by atoms with Crippen molar-refractivity contribution in [1.29, 1.82) is 0 Å². The van der Waals surface area contributed by atoms with E-state index >= 15 is 0 Å². The van der Waals surface area contributed by atoms with Gasteiger partial charge in [-0.2, -0.15) is 0 Å². The number of nitrogens with zero attached hydrogens (tertiary/aromatic N) is 2. The predicted molar refractivity (Wildman–Crippen MR) is 54.5 cm³/mol. The molecule has 0 bridgehead atoms. The standard InChI is InChI=1S/C10H9N3O2/c14-6-2-4-8-12-7-3-1-5-11-9(7)10(15)13-8/h1,3,5-6H,2,4H2,(H,12,13,15). The molecule has 0 saturated heterocycles. The van der Waals surface area contributed by atoms with Gasteiger partial charge in [0.25, 0.3) is 5.56 Å². The minimum Gasteiger partial charge on any atom is -0.309 e. The molecule has 15 heavy (non-hydrogen) atoms. The van der Waals surface area contributed by atoms with Gasteiger partial charge in [-0.1, -0.05) is 0 Å². The number of H-pyrrole nitrogens is 1. The second-order valence-corrected chi connectivity index (χ2v) is 3.09. The van der Waals surface area contributed by atoms with E-state index in [-0.39, 0.29) is 5.56 Å². The minimum atomic E-state index is -0.263. The number of hydrogen-bond acceptors (Lipinski definition) is 4. The molecule has 76 valence electrons. The van der Waals surface area contributed by atoms with Gasteiger partial charge in [0, 0.05) is 19.0 Å². The van der Waals surface area contributed by atoms with E-state index in [4.69, 9.17) is 0 Å². The topological polar surface area (TPSA) is 75.7 Å². The second-order valence-electron chi connectivity index (χ2n) is 3.09. The maximum absolute atomic E-state index is 11.5. The van der Waals surface area contributed by atoms with Crippen molar-refractivity contribution in [1.82, 2.24) is 15.0 Å². The molecule has 0 saturated carbocycles.